The number of amides is 2. The number of nitrogens with zero attached hydrogens (tertiary/aromatic N) is 2. The van der Waals surface area contributed by atoms with Gasteiger partial charge in [0.15, 0.2) is 0 Å². The highest BCUT2D eigenvalue weighted by Gasteiger charge is 2.33. The Balaban J connectivity index is 1.59. The third kappa shape index (κ3) is 4.93. The first kappa shape index (κ1) is 24.2. The maximum absolute atomic E-state index is 13.1. The maximum Gasteiger partial charge on any atom is 0.328 e. The molecule has 0 aliphatic carbocycles. The summed E-state index contributed by atoms with van der Waals surface area (Å²) in [5.41, 5.74) is 6.38. The lowest BCUT2D eigenvalue weighted by atomic mass is 9.88. The van der Waals surface area contributed by atoms with Gasteiger partial charge in [0, 0.05) is 38.7 Å². The largest absolute Gasteiger partial charge is 0.467 e. The smallest absolute Gasteiger partial charge is 0.328 e. The van der Waals surface area contributed by atoms with Gasteiger partial charge >= 0.3 is 12.0 Å². The Hall–Kier alpha value is -2.97. The molecule has 8 heteroatoms. The monoisotopic (exact) mass is 467 g/mol. The molecule has 0 unspecified atom stereocenters. The second-order valence-corrected chi connectivity index (χ2v) is 9.15. The van der Waals surface area contributed by atoms with E-state index >= 15 is 0 Å². The summed E-state index contributed by atoms with van der Waals surface area (Å²) >= 11 is 0. The molecule has 4 rings (SSSR count). The van der Waals surface area contributed by atoms with E-state index in [9.17, 15) is 9.59 Å². The molecule has 8 nitrogen and oxygen atoms in total. The zero-order valence-corrected chi connectivity index (χ0v) is 20.3. The van der Waals surface area contributed by atoms with Crippen molar-refractivity contribution in [1.29, 1.82) is 0 Å². The Morgan fingerprint density at radius 3 is 2.62 bits per heavy atom. The fraction of sp³-hybridized carbons (Fsp3) is 0.500. The Morgan fingerprint density at radius 2 is 1.94 bits per heavy atom. The molecule has 0 saturated heterocycles. The van der Waals surface area contributed by atoms with E-state index in [1.54, 1.807) is 12.0 Å². The van der Waals surface area contributed by atoms with Crippen molar-refractivity contribution in [2.45, 2.75) is 58.6 Å². The molecular weight excluding hydrogens is 434 g/mol. The van der Waals surface area contributed by atoms with Crippen LogP contribution in [0.15, 0.2) is 30.3 Å². The zero-order valence-electron chi connectivity index (χ0n) is 20.3. The number of benzene rings is 1. The topological polar surface area (TPSA) is 90.0 Å². The number of pyridine rings is 1. The van der Waals surface area contributed by atoms with Gasteiger partial charge < -0.3 is 24.4 Å². The molecule has 0 saturated carbocycles. The summed E-state index contributed by atoms with van der Waals surface area (Å²) in [4.78, 5) is 31.9. The number of aromatic nitrogens is 1. The van der Waals surface area contributed by atoms with E-state index in [0.717, 1.165) is 33.6 Å². The molecule has 3 heterocycles. The van der Waals surface area contributed by atoms with Gasteiger partial charge in [-0.15, -0.1) is 0 Å². The highest BCUT2D eigenvalue weighted by molar-refractivity contribution is 5.84. The number of hydrogen-bond acceptors (Lipinski definition) is 6. The average Bonchev–Trinajstić information content (AvgIpc) is 2.86. The zero-order chi connectivity index (χ0) is 24.2. The highest BCUT2D eigenvalue weighted by Crippen LogP contribution is 2.36. The minimum absolute atomic E-state index is 0.0426. The predicted octanol–water partition coefficient (Wildman–Crippen LogP) is 3.31. The Labute approximate surface area is 200 Å². The van der Waals surface area contributed by atoms with Crippen LogP contribution in [0.3, 0.4) is 0 Å². The van der Waals surface area contributed by atoms with E-state index in [1.165, 1.54) is 7.11 Å². The van der Waals surface area contributed by atoms with Crippen molar-refractivity contribution >= 4 is 12.0 Å². The standard InChI is InChI=1S/C26H33N3O5/c1-16(2)24(25(30)33-4)28-26(31)29-11-10-21-19(13-29)20-14-34-23(17-8-6-5-7-9-17)12-18(20)22(27-21)15-32-3/h5-9,16,23-24H,10-15H2,1-4H3,(H,28,31)/t23-,24+/m1/s1. The molecule has 1 N–H and O–H groups in total. The Morgan fingerprint density at radius 1 is 1.18 bits per heavy atom. The van der Waals surface area contributed by atoms with Gasteiger partial charge in [-0.2, -0.15) is 0 Å². The van der Waals surface area contributed by atoms with Gasteiger partial charge in [-0.25, -0.2) is 9.59 Å². The lowest BCUT2D eigenvalue weighted by Gasteiger charge is -2.35. The SMILES string of the molecule is COCc1nc2c(c3c1C[C@H](c1ccccc1)OC3)CN(C(=O)N[C@H](C(=O)OC)C(C)C)CC2. The molecule has 0 radical (unpaired) electrons. The van der Waals surface area contributed by atoms with Crippen molar-refractivity contribution in [1.82, 2.24) is 15.2 Å². The lowest BCUT2D eigenvalue weighted by molar-refractivity contribution is -0.144. The van der Waals surface area contributed by atoms with Gasteiger partial charge in [0.05, 0.1) is 32.1 Å². The van der Waals surface area contributed by atoms with Gasteiger partial charge in [0.25, 0.3) is 0 Å². The first-order valence-electron chi connectivity index (χ1n) is 11.7. The van der Waals surface area contributed by atoms with Crippen LogP contribution in [0.5, 0.6) is 0 Å². The summed E-state index contributed by atoms with van der Waals surface area (Å²) in [6.45, 7) is 5.61. The van der Waals surface area contributed by atoms with Crippen LogP contribution in [-0.4, -0.2) is 48.7 Å². The number of rotatable bonds is 6. The van der Waals surface area contributed by atoms with Crippen molar-refractivity contribution in [2.75, 3.05) is 20.8 Å². The molecular formula is C26H33N3O5. The summed E-state index contributed by atoms with van der Waals surface area (Å²) < 4.78 is 16.6. The highest BCUT2D eigenvalue weighted by atomic mass is 16.5. The summed E-state index contributed by atoms with van der Waals surface area (Å²) in [5.74, 6) is -0.521. The van der Waals surface area contributed by atoms with Crippen molar-refractivity contribution in [3.8, 4) is 0 Å². The third-order valence-corrected chi connectivity index (χ3v) is 6.62. The second-order valence-electron chi connectivity index (χ2n) is 9.15. The fourth-order valence-corrected chi connectivity index (χ4v) is 4.74. The van der Waals surface area contributed by atoms with Crippen LogP contribution in [-0.2, 0) is 51.6 Å². The molecule has 2 aliphatic rings. The van der Waals surface area contributed by atoms with Crippen LogP contribution in [0.2, 0.25) is 0 Å². The number of carbonyl (C=O) groups excluding carboxylic acids is 2. The number of methoxy groups -OCH3 is 2. The van der Waals surface area contributed by atoms with Gasteiger partial charge in [-0.05, 0) is 28.2 Å². The molecule has 2 atom stereocenters. The van der Waals surface area contributed by atoms with Crippen molar-refractivity contribution in [3.63, 3.8) is 0 Å². The van der Waals surface area contributed by atoms with Crippen LogP contribution < -0.4 is 5.32 Å². The van der Waals surface area contributed by atoms with Crippen LogP contribution in [0.4, 0.5) is 4.79 Å². The van der Waals surface area contributed by atoms with Crippen molar-refractivity contribution in [2.24, 2.45) is 5.92 Å². The van der Waals surface area contributed by atoms with E-state index in [2.05, 4.69) is 17.4 Å². The van der Waals surface area contributed by atoms with E-state index in [1.807, 2.05) is 32.0 Å². The quantitative estimate of drug-likeness (QED) is 0.656. The van der Waals surface area contributed by atoms with Crippen LogP contribution >= 0.6 is 0 Å². The fourth-order valence-electron chi connectivity index (χ4n) is 4.74. The molecule has 1 aromatic heterocycles. The van der Waals surface area contributed by atoms with Gasteiger partial charge in [0.1, 0.15) is 6.04 Å². The molecule has 34 heavy (non-hydrogen) atoms. The first-order valence-corrected chi connectivity index (χ1v) is 11.7. The second kappa shape index (κ2) is 10.5. The van der Waals surface area contributed by atoms with Gasteiger partial charge in [0.2, 0.25) is 0 Å². The number of hydrogen-bond donors (Lipinski definition) is 1. The van der Waals surface area contributed by atoms with E-state index in [0.29, 0.717) is 39.1 Å². The molecule has 182 valence electrons. The summed E-state index contributed by atoms with van der Waals surface area (Å²) in [6, 6.07) is 9.23. The molecule has 1 aromatic carbocycles. The predicted molar refractivity (Wildman–Crippen MR) is 126 cm³/mol. The minimum Gasteiger partial charge on any atom is -0.467 e. The number of urea groups is 1. The van der Waals surface area contributed by atoms with Crippen LogP contribution in [0, 0.1) is 5.92 Å². The van der Waals surface area contributed by atoms with Gasteiger partial charge in [-0.3, -0.25) is 4.98 Å². The van der Waals surface area contributed by atoms with Crippen molar-refractivity contribution < 1.29 is 23.8 Å². The van der Waals surface area contributed by atoms with E-state index < -0.39 is 12.0 Å². The number of carbonyl (C=O) groups is 2. The van der Waals surface area contributed by atoms with Crippen LogP contribution in [0.25, 0.3) is 0 Å². The molecule has 2 amide bonds. The third-order valence-electron chi connectivity index (χ3n) is 6.62. The number of ether oxygens (including phenoxy) is 3. The minimum atomic E-state index is -0.690. The summed E-state index contributed by atoms with van der Waals surface area (Å²) in [7, 11) is 3.01. The molecule has 0 spiro atoms. The number of fused-ring (bicyclic) bond motifs is 3. The van der Waals surface area contributed by atoms with Gasteiger partial charge in [-0.1, -0.05) is 44.2 Å². The van der Waals surface area contributed by atoms with Crippen LogP contribution in [0.1, 0.15) is 53.6 Å². The normalized spacial score (nSPS) is 18.1. The summed E-state index contributed by atoms with van der Waals surface area (Å²) in [6.07, 6.45) is 1.31. The first-order chi connectivity index (χ1) is 16.4. The van der Waals surface area contributed by atoms with Crippen molar-refractivity contribution in [3.05, 3.63) is 64.0 Å². The summed E-state index contributed by atoms with van der Waals surface area (Å²) in [5, 5.41) is 2.85. The number of esters is 1. The Kier molecular flexibility index (Phi) is 7.48. The molecule has 0 fully saturated rings. The number of nitrogens with one attached hydrogen (secondary N) is 1. The molecule has 2 aliphatic heterocycles. The van der Waals surface area contributed by atoms with E-state index in [-0.39, 0.29) is 18.1 Å². The Bertz CT molecular complexity index is 1040. The lowest BCUT2D eigenvalue weighted by Crippen LogP contribution is -2.51. The maximum atomic E-state index is 13.1. The molecule has 0 bridgehead atoms. The molecule has 2 aromatic rings. The van der Waals surface area contributed by atoms with E-state index in [4.69, 9.17) is 19.2 Å². The average molecular weight is 468 g/mol.